The average Bonchev–Trinajstić information content (AvgIpc) is 3.77. The Balaban J connectivity index is 1.01. The maximum atomic E-state index is 12.8. The van der Waals surface area contributed by atoms with Gasteiger partial charge >= 0.3 is 0 Å². The second-order valence-corrected chi connectivity index (χ2v) is 25.7. The number of hydrogen-bond acceptors (Lipinski definition) is 22. The molecule has 0 radical (unpaired) electrons. The maximum absolute atomic E-state index is 12.8. The van der Waals surface area contributed by atoms with Gasteiger partial charge in [-0.3, -0.25) is 0 Å². The van der Waals surface area contributed by atoms with Crippen LogP contribution in [-0.2, 0) is 37.9 Å². The molecule has 8 rings (SSSR count). The molecule has 22 nitrogen and oxygen atoms in total. The molecular weight excluding hydrogens is 1000 g/mol. The van der Waals surface area contributed by atoms with E-state index < -0.39 is 171 Å². The van der Waals surface area contributed by atoms with Crippen molar-refractivity contribution in [1.29, 1.82) is 0 Å². The van der Waals surface area contributed by atoms with Crippen LogP contribution in [0.1, 0.15) is 120 Å². The van der Waals surface area contributed by atoms with Gasteiger partial charge in [0.25, 0.3) is 0 Å². The number of aliphatic hydroxyl groups is 14. The summed E-state index contributed by atoms with van der Waals surface area (Å²) >= 11 is 0. The normalized spacial score (nSPS) is 53.2. The van der Waals surface area contributed by atoms with Gasteiger partial charge in [-0.05, 0) is 131 Å². The minimum absolute atomic E-state index is 0.0493. The number of aliphatic hydroxyl groups excluding tert-OH is 14. The lowest BCUT2D eigenvalue weighted by Gasteiger charge is -2.71. The fourth-order valence-corrected chi connectivity index (χ4v) is 16.2. The van der Waals surface area contributed by atoms with Crippen LogP contribution in [0.2, 0.25) is 0 Å². The second-order valence-electron chi connectivity index (χ2n) is 25.7. The molecule has 4 aliphatic carbocycles. The summed E-state index contributed by atoms with van der Waals surface area (Å²) in [6, 6.07) is 0. The molecule has 22 heteroatoms. The van der Waals surface area contributed by atoms with Crippen molar-refractivity contribution in [2.24, 2.45) is 45.3 Å². The molecule has 76 heavy (non-hydrogen) atoms. The molecule has 30 atom stereocenters. The summed E-state index contributed by atoms with van der Waals surface area (Å²) in [6.07, 6.45) is -23.7. The van der Waals surface area contributed by atoms with Gasteiger partial charge in [-0.15, -0.1) is 0 Å². The highest BCUT2D eigenvalue weighted by atomic mass is 16.8. The van der Waals surface area contributed by atoms with Gasteiger partial charge in [0.2, 0.25) is 0 Å². The van der Waals surface area contributed by atoms with Crippen LogP contribution in [0.3, 0.4) is 0 Å². The van der Waals surface area contributed by atoms with E-state index in [1.165, 1.54) is 6.92 Å². The Morgan fingerprint density at radius 3 is 1.76 bits per heavy atom. The highest BCUT2D eigenvalue weighted by Crippen LogP contribution is 2.76. The fourth-order valence-electron chi connectivity index (χ4n) is 16.2. The Labute approximate surface area is 445 Å². The number of rotatable bonds is 15. The molecule has 440 valence electrons. The van der Waals surface area contributed by atoms with Crippen molar-refractivity contribution in [3.63, 3.8) is 0 Å². The van der Waals surface area contributed by atoms with Crippen LogP contribution >= 0.6 is 0 Å². The van der Waals surface area contributed by atoms with Crippen LogP contribution in [0.25, 0.3) is 0 Å². The van der Waals surface area contributed by atoms with E-state index in [9.17, 15) is 71.5 Å². The molecule has 8 fully saturated rings. The van der Waals surface area contributed by atoms with Crippen LogP contribution in [0.15, 0.2) is 11.6 Å². The molecule has 4 saturated carbocycles. The minimum Gasteiger partial charge on any atom is -0.394 e. The molecule has 4 heterocycles. The van der Waals surface area contributed by atoms with Crippen molar-refractivity contribution in [1.82, 2.24) is 0 Å². The molecule has 4 aliphatic heterocycles. The summed E-state index contributed by atoms with van der Waals surface area (Å²) in [5.41, 5.74) is -1.49. The molecule has 14 N–H and O–H groups in total. The van der Waals surface area contributed by atoms with E-state index in [1.54, 1.807) is 0 Å². The fraction of sp³-hybridized carbons (Fsp3) is 0.963. The van der Waals surface area contributed by atoms with Gasteiger partial charge in [-0.2, -0.15) is 0 Å². The van der Waals surface area contributed by atoms with Gasteiger partial charge in [0.15, 0.2) is 25.2 Å². The predicted octanol–water partition coefficient (Wildman–Crippen LogP) is -1.17. The molecule has 8 aliphatic rings. The SMILES string of the molecule is CC(C)=CCC[C@](C)(O[C@H]1O[C@H](CO[C@H]2O[C@@H](C)[C@@H](O)[C@@H](O)[C@@H]2O)[C@H](O)[C@H](O)[C@H]1O)[C@H]1CC[C@]2(C)[C@H]1[C@H](O)C[C@H]1[C@@]3(C)CC[C@H](O[C@@H]4O[C@@H](CO)[C@H](O)[C@H](O)[C@H]4O[C@H]4O[C@@H](CO)[C@H](O)[C@H](O)[C@@H]4O)C(C)(C)[C@@H]3CC[C@@]12C. The predicted molar refractivity (Wildman–Crippen MR) is 265 cm³/mol. The lowest BCUT2D eigenvalue weighted by Crippen LogP contribution is -2.68. The third kappa shape index (κ3) is 10.5. The third-order valence-corrected chi connectivity index (χ3v) is 20.9. The highest BCUT2D eigenvalue weighted by molar-refractivity contribution is 5.20. The van der Waals surface area contributed by atoms with Crippen LogP contribution in [0.5, 0.6) is 0 Å². The molecule has 0 amide bonds. The number of hydrogen-bond donors (Lipinski definition) is 14. The van der Waals surface area contributed by atoms with Crippen molar-refractivity contribution in [2.75, 3.05) is 19.8 Å². The Morgan fingerprint density at radius 2 is 1.13 bits per heavy atom. The van der Waals surface area contributed by atoms with Gasteiger partial charge in [-0.1, -0.05) is 46.3 Å². The Hall–Kier alpha value is -1.14. The van der Waals surface area contributed by atoms with Crippen molar-refractivity contribution >= 4 is 0 Å². The van der Waals surface area contributed by atoms with Gasteiger partial charge in [0, 0.05) is 0 Å². The molecule has 0 aromatic heterocycles. The first-order valence-electron chi connectivity index (χ1n) is 27.7. The van der Waals surface area contributed by atoms with Gasteiger partial charge in [-0.25, -0.2) is 0 Å². The second kappa shape index (κ2) is 22.9. The summed E-state index contributed by atoms with van der Waals surface area (Å²) < 4.78 is 49.1. The summed E-state index contributed by atoms with van der Waals surface area (Å²) in [4.78, 5) is 0. The Morgan fingerprint density at radius 1 is 0.579 bits per heavy atom. The molecule has 0 aromatic carbocycles. The van der Waals surface area contributed by atoms with E-state index in [0.717, 1.165) is 24.8 Å². The van der Waals surface area contributed by atoms with E-state index in [4.69, 9.17) is 37.9 Å². The van der Waals surface area contributed by atoms with Crippen LogP contribution in [-0.4, -0.2) is 232 Å². The monoisotopic (exact) mass is 1090 g/mol. The van der Waals surface area contributed by atoms with Crippen molar-refractivity contribution in [3.8, 4) is 0 Å². The number of allylic oxidation sites excluding steroid dienone is 2. The lowest BCUT2D eigenvalue weighted by atomic mass is 9.35. The molecule has 0 aromatic rings. The highest BCUT2D eigenvalue weighted by Gasteiger charge is 2.72. The van der Waals surface area contributed by atoms with Gasteiger partial charge in [0.05, 0.1) is 43.7 Å². The van der Waals surface area contributed by atoms with E-state index in [2.05, 4.69) is 40.7 Å². The third-order valence-electron chi connectivity index (χ3n) is 20.9. The first-order valence-corrected chi connectivity index (χ1v) is 27.7. The first kappa shape index (κ1) is 60.9. The zero-order valence-corrected chi connectivity index (χ0v) is 45.6. The molecular formula is C54H92O22. The standard InChI is InChI=1S/C54H92O22/c1-23(2)11-10-15-54(9,76-48-44(68)40(64)37(61)29(73-48)22-69-46-42(66)38(62)34(58)24(3)70-46)25-12-17-53(8)33(25)26(57)19-31-51(6)16-14-32(50(4,5)30(51)13-18-52(31,53)7)74-49-45(41(65)36(60)28(21-56)72-49)75-47-43(67)39(63)35(59)27(20-55)71-47/h11,24-49,55-68H,10,12-22H2,1-9H3/t24-,25-,26+,27-,28-,29+,30-,31-,32-,33+,34+,35-,36-,37-,38+,39-,40-,41-,42-,43-,44+,45+,46-,47+,48+,49-,51-,52-,53+,54-/m0/s1. The molecule has 4 saturated heterocycles. The lowest BCUT2D eigenvalue weighted by molar-refractivity contribution is -0.378. The van der Waals surface area contributed by atoms with E-state index in [1.807, 2.05) is 20.8 Å². The molecule has 0 unspecified atom stereocenters. The van der Waals surface area contributed by atoms with Crippen molar-refractivity contribution in [3.05, 3.63) is 11.6 Å². The van der Waals surface area contributed by atoms with E-state index >= 15 is 0 Å². The summed E-state index contributed by atoms with van der Waals surface area (Å²) in [6.45, 7) is 16.9. The quantitative estimate of drug-likeness (QED) is 0.0678. The topological polar surface area (TPSA) is 357 Å². The van der Waals surface area contributed by atoms with E-state index in [0.29, 0.717) is 38.5 Å². The van der Waals surface area contributed by atoms with Crippen molar-refractivity contribution < 1.29 is 109 Å². The minimum atomic E-state index is -1.81. The maximum Gasteiger partial charge on any atom is 0.187 e. The number of ether oxygens (including phenoxy) is 8. The van der Waals surface area contributed by atoms with Crippen LogP contribution in [0.4, 0.5) is 0 Å². The van der Waals surface area contributed by atoms with Crippen molar-refractivity contribution in [2.45, 2.75) is 261 Å². The van der Waals surface area contributed by atoms with Gasteiger partial charge < -0.3 is 109 Å². The molecule has 0 spiro atoms. The smallest absolute Gasteiger partial charge is 0.187 e. The molecule has 0 bridgehead atoms. The number of fused-ring (bicyclic) bond motifs is 5. The van der Waals surface area contributed by atoms with E-state index in [-0.39, 0.29) is 34.5 Å². The largest absolute Gasteiger partial charge is 0.394 e. The van der Waals surface area contributed by atoms with Gasteiger partial charge in [0.1, 0.15) is 91.6 Å². The summed E-state index contributed by atoms with van der Waals surface area (Å²) in [5.74, 6) is -0.404. The Kier molecular flexibility index (Phi) is 18.4. The summed E-state index contributed by atoms with van der Waals surface area (Å²) in [7, 11) is 0. The Bertz CT molecular complexity index is 1980. The summed E-state index contributed by atoms with van der Waals surface area (Å²) in [5, 5.41) is 152. The van der Waals surface area contributed by atoms with Crippen LogP contribution in [0, 0.1) is 45.3 Å². The average molecular weight is 1090 g/mol. The van der Waals surface area contributed by atoms with Crippen LogP contribution < -0.4 is 0 Å². The zero-order chi connectivity index (χ0) is 55.9. The first-order chi connectivity index (χ1) is 35.5. The zero-order valence-electron chi connectivity index (χ0n) is 45.6.